The third kappa shape index (κ3) is 4.24. The van der Waals surface area contributed by atoms with Gasteiger partial charge < -0.3 is 10.0 Å². The highest BCUT2D eigenvalue weighted by molar-refractivity contribution is 6.31. The minimum Gasteiger partial charge on any atom is -0.481 e. The fraction of sp³-hybridized carbons (Fsp3) is 0.429. The zero-order chi connectivity index (χ0) is 14.6. The van der Waals surface area contributed by atoms with E-state index in [1.165, 1.54) is 4.90 Å². The molecule has 5 heteroatoms. The molecule has 104 valence electrons. The van der Waals surface area contributed by atoms with E-state index in [1.54, 1.807) is 26.0 Å². The molecule has 0 heterocycles. The molecule has 0 bridgehead atoms. The van der Waals surface area contributed by atoms with Crippen molar-refractivity contribution in [1.29, 1.82) is 0 Å². The van der Waals surface area contributed by atoms with Crippen LogP contribution in [0.3, 0.4) is 0 Å². The smallest absolute Gasteiger partial charge is 0.305 e. The lowest BCUT2D eigenvalue weighted by molar-refractivity contribution is -0.136. The molecule has 0 saturated carbocycles. The van der Waals surface area contributed by atoms with Crippen LogP contribution in [0.2, 0.25) is 5.02 Å². The van der Waals surface area contributed by atoms with Gasteiger partial charge in [0.2, 0.25) is 5.91 Å². The van der Waals surface area contributed by atoms with Gasteiger partial charge in [0, 0.05) is 23.2 Å². The fourth-order valence-electron chi connectivity index (χ4n) is 1.64. The Bertz CT molecular complexity index is 486. The number of rotatable bonds is 5. The Morgan fingerprint density at radius 2 is 2.00 bits per heavy atom. The third-order valence-corrected chi connectivity index (χ3v) is 3.18. The summed E-state index contributed by atoms with van der Waals surface area (Å²) in [4.78, 5) is 24.3. The van der Waals surface area contributed by atoms with Crippen molar-refractivity contribution < 1.29 is 14.7 Å². The van der Waals surface area contributed by atoms with Gasteiger partial charge in [-0.05, 0) is 24.6 Å². The molecule has 0 aliphatic heterocycles. The summed E-state index contributed by atoms with van der Waals surface area (Å²) in [6, 6.07) is 5.29. The van der Waals surface area contributed by atoms with E-state index in [1.807, 2.05) is 13.0 Å². The minimum absolute atomic E-state index is 0.0933. The van der Waals surface area contributed by atoms with Crippen LogP contribution in [0.15, 0.2) is 18.2 Å². The van der Waals surface area contributed by atoms with E-state index in [0.717, 1.165) is 5.56 Å². The zero-order valence-corrected chi connectivity index (χ0v) is 12.1. The molecule has 19 heavy (non-hydrogen) atoms. The zero-order valence-electron chi connectivity index (χ0n) is 11.3. The van der Waals surface area contributed by atoms with E-state index >= 15 is 0 Å². The second-order valence-corrected chi connectivity index (χ2v) is 5.13. The van der Waals surface area contributed by atoms with Crippen LogP contribution in [0.5, 0.6) is 0 Å². The molecule has 1 N–H and O–H groups in total. The van der Waals surface area contributed by atoms with Gasteiger partial charge in [0.1, 0.15) is 0 Å². The van der Waals surface area contributed by atoms with Crippen molar-refractivity contribution in [3.8, 4) is 0 Å². The molecule has 0 atom stereocenters. The molecule has 1 aromatic carbocycles. The first-order valence-corrected chi connectivity index (χ1v) is 6.50. The summed E-state index contributed by atoms with van der Waals surface area (Å²) in [7, 11) is 0. The molecule has 0 fully saturated rings. The molecule has 0 aliphatic carbocycles. The lowest BCUT2D eigenvalue weighted by Crippen LogP contribution is -2.36. The van der Waals surface area contributed by atoms with Gasteiger partial charge in [0.05, 0.1) is 6.42 Å². The highest BCUT2D eigenvalue weighted by atomic mass is 35.5. The summed E-state index contributed by atoms with van der Waals surface area (Å²) in [5.74, 6) is -1.24. The van der Waals surface area contributed by atoms with E-state index in [9.17, 15) is 9.59 Å². The number of carbonyl (C=O) groups excluding carboxylic acids is 1. The molecule has 0 aromatic heterocycles. The van der Waals surface area contributed by atoms with E-state index in [-0.39, 0.29) is 24.8 Å². The lowest BCUT2D eigenvalue weighted by Gasteiger charge is -2.24. The molecule has 1 rings (SSSR count). The Balaban J connectivity index is 3.03. The maximum Gasteiger partial charge on any atom is 0.305 e. The van der Waals surface area contributed by atoms with Crippen molar-refractivity contribution >= 4 is 29.2 Å². The largest absolute Gasteiger partial charge is 0.481 e. The summed E-state index contributed by atoms with van der Waals surface area (Å²) in [6.07, 6.45) is -0.0933. The average Bonchev–Trinajstić information content (AvgIpc) is 2.33. The van der Waals surface area contributed by atoms with Gasteiger partial charge in [-0.25, -0.2) is 0 Å². The van der Waals surface area contributed by atoms with Crippen molar-refractivity contribution in [2.75, 3.05) is 11.4 Å². The Kier molecular flexibility index (Phi) is 5.36. The molecule has 1 amide bonds. The van der Waals surface area contributed by atoms with Gasteiger partial charge in [-0.15, -0.1) is 0 Å². The van der Waals surface area contributed by atoms with Crippen LogP contribution in [0.4, 0.5) is 5.69 Å². The number of amides is 1. The van der Waals surface area contributed by atoms with E-state index in [4.69, 9.17) is 16.7 Å². The van der Waals surface area contributed by atoms with Crippen LogP contribution in [0, 0.1) is 12.8 Å². The number of carbonyl (C=O) groups is 2. The van der Waals surface area contributed by atoms with Gasteiger partial charge >= 0.3 is 5.97 Å². The van der Waals surface area contributed by atoms with Crippen LogP contribution in [0.1, 0.15) is 25.8 Å². The van der Waals surface area contributed by atoms with Crippen LogP contribution < -0.4 is 4.90 Å². The Morgan fingerprint density at radius 3 is 2.47 bits per heavy atom. The topological polar surface area (TPSA) is 57.6 Å². The van der Waals surface area contributed by atoms with Crippen LogP contribution >= 0.6 is 11.6 Å². The first-order chi connectivity index (χ1) is 8.82. The second kappa shape index (κ2) is 6.57. The number of aryl methyl sites for hydroxylation is 1. The number of carboxylic acid groups (broad SMARTS) is 1. The van der Waals surface area contributed by atoms with Crippen LogP contribution in [-0.2, 0) is 9.59 Å². The van der Waals surface area contributed by atoms with Crippen molar-refractivity contribution in [2.24, 2.45) is 5.92 Å². The average molecular weight is 284 g/mol. The number of aliphatic carboxylic acids is 1. The van der Waals surface area contributed by atoms with Crippen LogP contribution in [-0.4, -0.2) is 23.5 Å². The Labute approximate surface area is 118 Å². The van der Waals surface area contributed by atoms with Crippen molar-refractivity contribution in [3.05, 3.63) is 28.8 Å². The summed E-state index contributed by atoms with van der Waals surface area (Å²) in [5, 5.41) is 9.33. The highest BCUT2D eigenvalue weighted by Gasteiger charge is 2.20. The molecule has 0 saturated heterocycles. The number of benzene rings is 1. The maximum atomic E-state index is 12.1. The number of hydrogen-bond acceptors (Lipinski definition) is 2. The monoisotopic (exact) mass is 283 g/mol. The third-order valence-electron chi connectivity index (χ3n) is 2.78. The molecule has 0 spiro atoms. The standard InChI is InChI=1S/C14H18ClNO3/c1-9(2)14(19)16(7-6-13(17)18)11-5-4-10(3)12(15)8-11/h4-5,8-9H,6-7H2,1-3H3,(H,17,18). The van der Waals surface area contributed by atoms with Crippen molar-refractivity contribution in [2.45, 2.75) is 27.2 Å². The van der Waals surface area contributed by atoms with Gasteiger partial charge in [-0.2, -0.15) is 0 Å². The summed E-state index contributed by atoms with van der Waals surface area (Å²) < 4.78 is 0. The number of carboxylic acids is 1. The van der Waals surface area contributed by atoms with E-state index in [2.05, 4.69) is 0 Å². The first kappa shape index (κ1) is 15.5. The Morgan fingerprint density at radius 1 is 1.37 bits per heavy atom. The highest BCUT2D eigenvalue weighted by Crippen LogP contribution is 2.24. The second-order valence-electron chi connectivity index (χ2n) is 4.72. The quantitative estimate of drug-likeness (QED) is 0.903. The van der Waals surface area contributed by atoms with Gasteiger partial charge in [0.25, 0.3) is 0 Å². The molecule has 0 aliphatic rings. The Hall–Kier alpha value is -1.55. The van der Waals surface area contributed by atoms with Crippen molar-refractivity contribution in [1.82, 2.24) is 0 Å². The maximum absolute atomic E-state index is 12.1. The number of anilines is 1. The normalized spacial score (nSPS) is 10.6. The lowest BCUT2D eigenvalue weighted by atomic mass is 10.1. The molecule has 4 nitrogen and oxygen atoms in total. The molecule has 0 unspecified atom stereocenters. The predicted octanol–water partition coefficient (Wildman–Crippen LogP) is 3.11. The predicted molar refractivity (Wildman–Crippen MR) is 75.6 cm³/mol. The summed E-state index contributed by atoms with van der Waals surface area (Å²) >= 11 is 6.05. The molecule has 1 aromatic rings. The first-order valence-electron chi connectivity index (χ1n) is 6.12. The van der Waals surface area contributed by atoms with Crippen molar-refractivity contribution in [3.63, 3.8) is 0 Å². The number of nitrogens with zero attached hydrogens (tertiary/aromatic N) is 1. The number of halogens is 1. The molecular formula is C14H18ClNO3. The number of hydrogen-bond donors (Lipinski definition) is 1. The van der Waals surface area contributed by atoms with Crippen LogP contribution in [0.25, 0.3) is 0 Å². The minimum atomic E-state index is -0.931. The van der Waals surface area contributed by atoms with Gasteiger partial charge in [-0.3, -0.25) is 9.59 Å². The van der Waals surface area contributed by atoms with Gasteiger partial charge in [-0.1, -0.05) is 31.5 Å². The fourth-order valence-corrected chi connectivity index (χ4v) is 1.81. The van der Waals surface area contributed by atoms with Gasteiger partial charge in [0.15, 0.2) is 0 Å². The van der Waals surface area contributed by atoms with E-state index < -0.39 is 5.97 Å². The summed E-state index contributed by atoms with van der Waals surface area (Å²) in [6.45, 7) is 5.58. The van der Waals surface area contributed by atoms with E-state index in [0.29, 0.717) is 10.7 Å². The summed E-state index contributed by atoms with van der Waals surface area (Å²) in [5.41, 5.74) is 1.55. The molecular weight excluding hydrogens is 266 g/mol. The molecule has 0 radical (unpaired) electrons. The SMILES string of the molecule is Cc1ccc(N(CCC(=O)O)C(=O)C(C)C)cc1Cl.